The van der Waals surface area contributed by atoms with E-state index < -0.39 is 5.91 Å². The standard InChI is InChI=1S/C16H12ClN3O3/c17-11-1-6-15(22)14(7-11)19-9-10(8-18)16(23)20-12-2-4-13(21)5-3-12/h1-7,9,19,21-22H,(H,20,23)/b10-9-. The lowest BCUT2D eigenvalue weighted by atomic mass is 10.2. The van der Waals surface area contributed by atoms with Gasteiger partial charge >= 0.3 is 0 Å². The predicted octanol–water partition coefficient (Wildman–Crippen LogP) is 3.21. The van der Waals surface area contributed by atoms with E-state index in [1.165, 1.54) is 48.7 Å². The van der Waals surface area contributed by atoms with E-state index in [1.54, 1.807) is 6.07 Å². The van der Waals surface area contributed by atoms with E-state index in [1.807, 2.05) is 0 Å². The minimum absolute atomic E-state index is 0.0668. The summed E-state index contributed by atoms with van der Waals surface area (Å²) in [5.74, 6) is -0.633. The van der Waals surface area contributed by atoms with Gasteiger partial charge in [0.1, 0.15) is 23.1 Å². The third-order valence-electron chi connectivity index (χ3n) is 2.82. The zero-order valence-electron chi connectivity index (χ0n) is 11.7. The normalized spacial score (nSPS) is 10.7. The lowest BCUT2D eigenvalue weighted by Gasteiger charge is -2.07. The number of hydrogen-bond acceptors (Lipinski definition) is 5. The number of carbonyl (C=O) groups is 1. The molecule has 4 N–H and O–H groups in total. The topological polar surface area (TPSA) is 105 Å². The number of nitrogens with zero attached hydrogens (tertiary/aromatic N) is 1. The molecule has 23 heavy (non-hydrogen) atoms. The van der Waals surface area contributed by atoms with E-state index >= 15 is 0 Å². The Kier molecular flexibility index (Phi) is 5.07. The minimum atomic E-state index is -0.632. The van der Waals surface area contributed by atoms with E-state index in [2.05, 4.69) is 10.6 Å². The number of phenolic OH excluding ortho intramolecular Hbond substituents is 2. The molecule has 0 bridgehead atoms. The first-order valence-electron chi connectivity index (χ1n) is 6.45. The third kappa shape index (κ3) is 4.40. The number of benzene rings is 2. The Morgan fingerprint density at radius 2 is 1.87 bits per heavy atom. The fourth-order valence-corrected chi connectivity index (χ4v) is 1.84. The molecule has 0 unspecified atom stereocenters. The smallest absolute Gasteiger partial charge is 0.267 e. The summed E-state index contributed by atoms with van der Waals surface area (Å²) in [5, 5.41) is 33.5. The van der Waals surface area contributed by atoms with Gasteiger partial charge in [0.15, 0.2) is 0 Å². The van der Waals surface area contributed by atoms with E-state index in [9.17, 15) is 15.0 Å². The molecule has 0 fully saturated rings. The summed E-state index contributed by atoms with van der Waals surface area (Å²) in [7, 11) is 0. The maximum atomic E-state index is 12.0. The van der Waals surface area contributed by atoms with Gasteiger partial charge < -0.3 is 20.8 Å². The fourth-order valence-electron chi connectivity index (χ4n) is 1.67. The molecule has 2 aromatic carbocycles. The van der Waals surface area contributed by atoms with Gasteiger partial charge in [-0.25, -0.2) is 0 Å². The largest absolute Gasteiger partial charge is 0.508 e. The van der Waals surface area contributed by atoms with Crippen LogP contribution in [0.15, 0.2) is 54.2 Å². The summed E-state index contributed by atoms with van der Waals surface area (Å²) in [6, 6.07) is 11.9. The van der Waals surface area contributed by atoms with Crippen molar-refractivity contribution in [2.45, 2.75) is 0 Å². The van der Waals surface area contributed by atoms with Crippen LogP contribution >= 0.6 is 11.6 Å². The molecule has 0 heterocycles. The second-order valence-electron chi connectivity index (χ2n) is 4.48. The molecule has 0 atom stereocenters. The van der Waals surface area contributed by atoms with Crippen LogP contribution in [0.25, 0.3) is 0 Å². The van der Waals surface area contributed by atoms with Gasteiger partial charge in [0.2, 0.25) is 0 Å². The van der Waals surface area contributed by atoms with Gasteiger partial charge in [-0.05, 0) is 42.5 Å². The molecule has 0 spiro atoms. The van der Waals surface area contributed by atoms with Crippen molar-refractivity contribution in [1.82, 2.24) is 0 Å². The molecule has 116 valence electrons. The number of anilines is 2. The Bertz CT molecular complexity index is 795. The van der Waals surface area contributed by atoms with Crippen molar-refractivity contribution in [3.63, 3.8) is 0 Å². The number of amides is 1. The number of halogens is 1. The second kappa shape index (κ2) is 7.20. The zero-order chi connectivity index (χ0) is 16.8. The van der Waals surface area contributed by atoms with Crippen molar-refractivity contribution >= 4 is 28.9 Å². The van der Waals surface area contributed by atoms with Gasteiger partial charge in [-0.15, -0.1) is 0 Å². The zero-order valence-corrected chi connectivity index (χ0v) is 12.5. The maximum absolute atomic E-state index is 12.0. The number of phenols is 2. The Morgan fingerprint density at radius 1 is 1.17 bits per heavy atom. The van der Waals surface area contributed by atoms with Gasteiger partial charge in [-0.1, -0.05) is 11.6 Å². The number of rotatable bonds is 4. The predicted molar refractivity (Wildman–Crippen MR) is 87.2 cm³/mol. The SMILES string of the molecule is N#C/C(=C/Nc1cc(Cl)ccc1O)C(=O)Nc1ccc(O)cc1. The number of hydrogen-bond donors (Lipinski definition) is 4. The van der Waals surface area contributed by atoms with Crippen molar-refractivity contribution in [2.24, 2.45) is 0 Å². The summed E-state index contributed by atoms with van der Waals surface area (Å²) >= 11 is 5.81. The molecule has 0 aliphatic carbocycles. The van der Waals surface area contributed by atoms with E-state index in [0.29, 0.717) is 10.7 Å². The Hall–Kier alpha value is -3.17. The average molecular weight is 330 g/mol. The van der Waals surface area contributed by atoms with Crippen LogP contribution in [0.5, 0.6) is 11.5 Å². The molecule has 2 aromatic rings. The Labute approximate surface area is 137 Å². The average Bonchev–Trinajstić information content (AvgIpc) is 2.53. The van der Waals surface area contributed by atoms with E-state index in [4.69, 9.17) is 16.9 Å². The van der Waals surface area contributed by atoms with Crippen LogP contribution in [-0.4, -0.2) is 16.1 Å². The van der Waals surface area contributed by atoms with Crippen molar-refractivity contribution < 1.29 is 15.0 Å². The lowest BCUT2D eigenvalue weighted by Crippen LogP contribution is -2.14. The minimum Gasteiger partial charge on any atom is -0.508 e. The fraction of sp³-hybridized carbons (Fsp3) is 0. The molecule has 1 amide bonds. The molecule has 0 saturated heterocycles. The highest BCUT2D eigenvalue weighted by molar-refractivity contribution is 6.30. The monoisotopic (exact) mass is 329 g/mol. The molecular formula is C16H12ClN3O3. The molecule has 2 rings (SSSR count). The van der Waals surface area contributed by atoms with Crippen molar-refractivity contribution in [3.05, 3.63) is 59.3 Å². The Balaban J connectivity index is 2.12. The second-order valence-corrected chi connectivity index (χ2v) is 4.91. The molecule has 0 aromatic heterocycles. The van der Waals surface area contributed by atoms with Crippen molar-refractivity contribution in [2.75, 3.05) is 10.6 Å². The van der Waals surface area contributed by atoms with Gasteiger partial charge in [-0.2, -0.15) is 5.26 Å². The highest BCUT2D eigenvalue weighted by Gasteiger charge is 2.10. The van der Waals surface area contributed by atoms with Gasteiger partial charge in [-0.3, -0.25) is 4.79 Å². The highest BCUT2D eigenvalue weighted by Crippen LogP contribution is 2.26. The van der Waals surface area contributed by atoms with Crippen molar-refractivity contribution in [3.8, 4) is 17.6 Å². The first-order chi connectivity index (χ1) is 11.0. The summed E-state index contributed by atoms with van der Waals surface area (Å²) in [6.07, 6.45) is 1.17. The highest BCUT2D eigenvalue weighted by atomic mass is 35.5. The Morgan fingerprint density at radius 3 is 2.52 bits per heavy atom. The number of nitriles is 1. The van der Waals surface area contributed by atoms with Gasteiger partial charge in [0.25, 0.3) is 5.91 Å². The van der Waals surface area contributed by atoms with Gasteiger partial charge in [0, 0.05) is 16.9 Å². The quantitative estimate of drug-likeness (QED) is 0.298. The molecule has 0 aliphatic rings. The summed E-state index contributed by atoms with van der Waals surface area (Å²) in [6.45, 7) is 0. The number of aromatic hydroxyl groups is 2. The molecular weight excluding hydrogens is 318 g/mol. The van der Waals surface area contributed by atoms with E-state index in [-0.39, 0.29) is 22.8 Å². The number of nitrogens with one attached hydrogen (secondary N) is 2. The van der Waals surface area contributed by atoms with Crippen LogP contribution in [-0.2, 0) is 4.79 Å². The molecule has 0 saturated carbocycles. The molecule has 0 aliphatic heterocycles. The van der Waals surface area contributed by atoms with Crippen LogP contribution in [0.4, 0.5) is 11.4 Å². The maximum Gasteiger partial charge on any atom is 0.267 e. The molecule has 0 radical (unpaired) electrons. The molecule has 7 heteroatoms. The summed E-state index contributed by atoms with van der Waals surface area (Å²) < 4.78 is 0. The van der Waals surface area contributed by atoms with E-state index in [0.717, 1.165) is 0 Å². The lowest BCUT2D eigenvalue weighted by molar-refractivity contribution is -0.112. The summed E-state index contributed by atoms with van der Waals surface area (Å²) in [4.78, 5) is 12.0. The van der Waals surface area contributed by atoms with Crippen LogP contribution in [0, 0.1) is 11.3 Å². The van der Waals surface area contributed by atoms with Crippen LogP contribution in [0.1, 0.15) is 0 Å². The first kappa shape index (κ1) is 16.2. The number of carbonyl (C=O) groups excluding carboxylic acids is 1. The van der Waals surface area contributed by atoms with Crippen LogP contribution < -0.4 is 10.6 Å². The first-order valence-corrected chi connectivity index (χ1v) is 6.83. The van der Waals surface area contributed by atoms with Crippen LogP contribution in [0.3, 0.4) is 0 Å². The summed E-state index contributed by atoms with van der Waals surface area (Å²) in [5.41, 5.74) is 0.500. The third-order valence-corrected chi connectivity index (χ3v) is 3.06. The van der Waals surface area contributed by atoms with Crippen molar-refractivity contribution in [1.29, 1.82) is 5.26 Å². The van der Waals surface area contributed by atoms with Crippen LogP contribution in [0.2, 0.25) is 5.02 Å². The van der Waals surface area contributed by atoms with Gasteiger partial charge in [0.05, 0.1) is 5.69 Å². The molecule has 6 nitrogen and oxygen atoms in total.